The molecule has 0 aliphatic rings. The Bertz CT molecular complexity index is 533. The summed E-state index contributed by atoms with van der Waals surface area (Å²) in [6.07, 6.45) is 0.855. The van der Waals surface area contributed by atoms with Crippen molar-refractivity contribution in [3.8, 4) is 0 Å². The van der Waals surface area contributed by atoms with Crippen molar-refractivity contribution in [2.45, 2.75) is 20.0 Å². The van der Waals surface area contributed by atoms with Crippen LogP contribution in [-0.4, -0.2) is 22.7 Å². The summed E-state index contributed by atoms with van der Waals surface area (Å²) >= 11 is 2.90. The normalized spacial score (nSPS) is 10.7. The van der Waals surface area contributed by atoms with Gasteiger partial charge in [-0.05, 0) is 19.1 Å². The maximum absolute atomic E-state index is 10.7. The van der Waals surface area contributed by atoms with Gasteiger partial charge in [-0.3, -0.25) is 0 Å². The topological polar surface area (TPSA) is 59.4 Å². The highest BCUT2D eigenvalue weighted by Gasteiger charge is 2.07. The second-order valence-corrected chi connectivity index (χ2v) is 5.84. The Balaban J connectivity index is 1.75. The van der Waals surface area contributed by atoms with Crippen LogP contribution < -0.4 is 0 Å². The zero-order valence-corrected chi connectivity index (χ0v) is 11.5. The first-order valence-corrected chi connectivity index (χ1v) is 7.15. The van der Waals surface area contributed by atoms with E-state index < -0.39 is 5.97 Å². The van der Waals surface area contributed by atoms with Crippen LogP contribution in [0.25, 0.3) is 0 Å². The number of aromatic nitrogens is 1. The number of carboxylic acid groups (broad SMARTS) is 1. The molecular weight excluding hydrogens is 270 g/mol. The van der Waals surface area contributed by atoms with Crippen LogP contribution in [-0.2, 0) is 17.8 Å². The quantitative estimate of drug-likeness (QED) is 0.828. The number of thiazole rings is 1. The monoisotopic (exact) mass is 283 g/mol. The lowest BCUT2D eigenvalue weighted by Gasteiger charge is -2.01. The number of ether oxygens (including phenoxy) is 1. The Morgan fingerprint density at radius 1 is 1.50 bits per heavy atom. The number of aromatic carboxylic acids is 1. The van der Waals surface area contributed by atoms with E-state index in [1.54, 1.807) is 23.5 Å². The first kappa shape index (κ1) is 13.2. The van der Waals surface area contributed by atoms with E-state index in [1.165, 1.54) is 16.2 Å². The predicted octanol–water partition coefficient (Wildman–Crippen LogP) is 2.97. The van der Waals surface area contributed by atoms with E-state index in [-0.39, 0.29) is 0 Å². The van der Waals surface area contributed by atoms with E-state index in [9.17, 15) is 4.79 Å². The van der Waals surface area contributed by atoms with Crippen LogP contribution in [0.15, 0.2) is 17.6 Å². The van der Waals surface area contributed by atoms with Crippen molar-refractivity contribution in [3.05, 3.63) is 38.0 Å². The van der Waals surface area contributed by atoms with Gasteiger partial charge in [0.15, 0.2) is 0 Å². The van der Waals surface area contributed by atoms with Gasteiger partial charge in [-0.1, -0.05) is 0 Å². The summed E-state index contributed by atoms with van der Waals surface area (Å²) in [7, 11) is 0. The van der Waals surface area contributed by atoms with Gasteiger partial charge in [0.2, 0.25) is 0 Å². The highest BCUT2D eigenvalue weighted by molar-refractivity contribution is 7.13. The van der Waals surface area contributed by atoms with Crippen molar-refractivity contribution in [2.24, 2.45) is 0 Å². The molecule has 0 unspecified atom stereocenters. The van der Waals surface area contributed by atoms with Gasteiger partial charge in [0.05, 0.1) is 24.4 Å². The zero-order valence-electron chi connectivity index (χ0n) is 9.88. The van der Waals surface area contributed by atoms with Crippen LogP contribution in [0.5, 0.6) is 0 Å². The smallest absolute Gasteiger partial charge is 0.345 e. The summed E-state index contributed by atoms with van der Waals surface area (Å²) in [5, 5.41) is 8.79. The summed E-state index contributed by atoms with van der Waals surface area (Å²) < 4.78 is 5.54. The summed E-state index contributed by atoms with van der Waals surface area (Å²) in [6, 6.07) is 3.41. The Morgan fingerprint density at radius 3 is 2.94 bits per heavy atom. The molecule has 1 N–H and O–H groups in total. The van der Waals surface area contributed by atoms with Gasteiger partial charge in [0.1, 0.15) is 4.88 Å². The lowest BCUT2D eigenvalue weighted by Crippen LogP contribution is -1.97. The van der Waals surface area contributed by atoms with Crippen molar-refractivity contribution in [3.63, 3.8) is 0 Å². The fourth-order valence-corrected chi connectivity index (χ4v) is 3.02. The van der Waals surface area contributed by atoms with Gasteiger partial charge < -0.3 is 9.84 Å². The fourth-order valence-electron chi connectivity index (χ4n) is 1.47. The first-order valence-electron chi connectivity index (χ1n) is 5.45. The molecular formula is C12H13NO3S2. The van der Waals surface area contributed by atoms with Crippen molar-refractivity contribution in [1.29, 1.82) is 0 Å². The molecule has 0 spiro atoms. The number of aryl methyl sites for hydroxylation is 1. The second kappa shape index (κ2) is 6.08. The molecule has 2 aromatic rings. The molecule has 6 heteroatoms. The Kier molecular flexibility index (Phi) is 4.46. The minimum atomic E-state index is -0.883. The largest absolute Gasteiger partial charge is 0.477 e. The number of carboxylic acids is 1. The minimum absolute atomic E-state index is 0.354. The highest BCUT2D eigenvalue weighted by atomic mass is 32.1. The maximum Gasteiger partial charge on any atom is 0.345 e. The molecule has 0 atom stereocenters. The maximum atomic E-state index is 10.7. The number of rotatable bonds is 6. The SMILES string of the molecule is Cc1ncsc1CCOCc1ccc(C(=O)O)s1. The van der Waals surface area contributed by atoms with E-state index >= 15 is 0 Å². The number of carbonyl (C=O) groups is 1. The molecule has 0 fully saturated rings. The van der Waals surface area contributed by atoms with Crippen molar-refractivity contribution >= 4 is 28.6 Å². The van der Waals surface area contributed by atoms with Crippen LogP contribution in [0.3, 0.4) is 0 Å². The lowest BCUT2D eigenvalue weighted by atomic mass is 10.3. The average molecular weight is 283 g/mol. The molecule has 4 nitrogen and oxygen atoms in total. The van der Waals surface area contributed by atoms with Crippen molar-refractivity contribution in [1.82, 2.24) is 4.98 Å². The molecule has 0 bridgehead atoms. The third-order valence-corrected chi connectivity index (χ3v) is 4.48. The molecule has 96 valence electrons. The van der Waals surface area contributed by atoms with Crippen LogP contribution in [0, 0.1) is 6.92 Å². The third kappa shape index (κ3) is 3.38. The van der Waals surface area contributed by atoms with Gasteiger partial charge in [0.25, 0.3) is 0 Å². The van der Waals surface area contributed by atoms with E-state index in [0.717, 1.165) is 17.0 Å². The molecule has 2 aromatic heterocycles. The highest BCUT2D eigenvalue weighted by Crippen LogP contribution is 2.18. The van der Waals surface area contributed by atoms with Crippen LogP contribution in [0.1, 0.15) is 25.1 Å². The van der Waals surface area contributed by atoms with Gasteiger partial charge in [-0.25, -0.2) is 9.78 Å². The standard InChI is InChI=1S/C12H13NO3S2/c1-8-10(17-7-13-8)4-5-16-6-9-2-3-11(18-9)12(14)15/h2-3,7H,4-6H2,1H3,(H,14,15). The Morgan fingerprint density at radius 2 is 2.33 bits per heavy atom. The van der Waals surface area contributed by atoms with E-state index in [2.05, 4.69) is 4.98 Å². The molecule has 0 aliphatic heterocycles. The molecule has 2 rings (SSSR count). The third-order valence-electron chi connectivity index (χ3n) is 2.44. The molecule has 18 heavy (non-hydrogen) atoms. The zero-order chi connectivity index (χ0) is 13.0. The minimum Gasteiger partial charge on any atom is -0.477 e. The van der Waals surface area contributed by atoms with E-state index in [4.69, 9.17) is 9.84 Å². The average Bonchev–Trinajstić information content (AvgIpc) is 2.94. The summed E-state index contributed by atoms with van der Waals surface area (Å²) in [5.41, 5.74) is 2.90. The van der Waals surface area contributed by atoms with Crippen LogP contribution in [0.4, 0.5) is 0 Å². The first-order chi connectivity index (χ1) is 8.66. The number of hydrogen-bond donors (Lipinski definition) is 1. The number of hydrogen-bond acceptors (Lipinski definition) is 5. The Labute approximate surface area is 113 Å². The summed E-state index contributed by atoms with van der Waals surface area (Å²) in [4.78, 5) is 17.4. The summed E-state index contributed by atoms with van der Waals surface area (Å²) in [6.45, 7) is 3.09. The molecule has 0 aromatic carbocycles. The number of thiophene rings is 1. The number of nitrogens with zero attached hydrogens (tertiary/aromatic N) is 1. The van der Waals surface area contributed by atoms with Crippen molar-refractivity contribution < 1.29 is 14.6 Å². The van der Waals surface area contributed by atoms with Gasteiger partial charge in [-0.15, -0.1) is 22.7 Å². The van der Waals surface area contributed by atoms with Gasteiger partial charge >= 0.3 is 5.97 Å². The molecule has 0 radical (unpaired) electrons. The molecule has 0 saturated heterocycles. The van der Waals surface area contributed by atoms with E-state index in [1.807, 2.05) is 12.4 Å². The van der Waals surface area contributed by atoms with Gasteiger partial charge in [-0.2, -0.15) is 0 Å². The van der Waals surface area contributed by atoms with Crippen molar-refractivity contribution in [2.75, 3.05) is 6.61 Å². The van der Waals surface area contributed by atoms with Crippen LogP contribution >= 0.6 is 22.7 Å². The Hall–Kier alpha value is -1.24. The van der Waals surface area contributed by atoms with Gasteiger partial charge in [0, 0.05) is 16.2 Å². The molecule has 2 heterocycles. The lowest BCUT2D eigenvalue weighted by molar-refractivity contribution is 0.0702. The molecule has 0 aliphatic carbocycles. The fraction of sp³-hybridized carbons (Fsp3) is 0.333. The summed E-state index contributed by atoms with van der Waals surface area (Å²) in [5.74, 6) is -0.883. The molecule has 0 amide bonds. The molecule has 0 saturated carbocycles. The second-order valence-electron chi connectivity index (χ2n) is 3.73. The van der Waals surface area contributed by atoms with Crippen LogP contribution in [0.2, 0.25) is 0 Å². The van der Waals surface area contributed by atoms with E-state index in [0.29, 0.717) is 18.1 Å². The predicted molar refractivity (Wildman–Crippen MR) is 71.5 cm³/mol.